The van der Waals surface area contributed by atoms with Crippen LogP contribution in [0.2, 0.25) is 0 Å². The molecule has 0 radical (unpaired) electrons. The quantitative estimate of drug-likeness (QED) is 0.898. The van der Waals surface area contributed by atoms with E-state index in [1.54, 1.807) is 7.11 Å². The zero-order valence-corrected chi connectivity index (χ0v) is 12.4. The number of nitrogens with two attached hydrogens (primary N) is 1. The van der Waals surface area contributed by atoms with Gasteiger partial charge in [0.05, 0.1) is 12.6 Å². The smallest absolute Gasteiger partial charge is 0.320 e. The molecule has 3 N–H and O–H groups in total. The molecule has 5 heteroatoms. The van der Waals surface area contributed by atoms with Crippen molar-refractivity contribution in [3.63, 3.8) is 0 Å². The number of carbonyl (C=O) groups is 1. The number of fused-ring (bicyclic) bond motifs is 1. The minimum absolute atomic E-state index is 0.305. The van der Waals surface area contributed by atoms with Crippen LogP contribution in [-0.2, 0) is 18.3 Å². The fourth-order valence-electron chi connectivity index (χ4n) is 2.16. The van der Waals surface area contributed by atoms with Crippen molar-refractivity contribution in [1.29, 1.82) is 0 Å². The molecule has 0 amide bonds. The molecule has 1 heterocycles. The van der Waals surface area contributed by atoms with Crippen molar-refractivity contribution in [2.45, 2.75) is 26.3 Å². The van der Waals surface area contributed by atoms with Crippen molar-refractivity contribution in [1.82, 2.24) is 4.57 Å². The number of aryl methyl sites for hydroxylation is 1. The van der Waals surface area contributed by atoms with E-state index in [4.69, 9.17) is 15.6 Å². The molecule has 20 heavy (non-hydrogen) atoms. The highest BCUT2D eigenvalue weighted by atomic mass is 16.5. The lowest BCUT2D eigenvalue weighted by molar-refractivity contribution is -0.138. The van der Waals surface area contributed by atoms with E-state index in [1.165, 1.54) is 0 Å². The molecule has 5 nitrogen and oxygen atoms in total. The molecule has 2 rings (SSSR count). The second-order valence-electron chi connectivity index (χ2n) is 4.27. The Morgan fingerprint density at radius 1 is 1.45 bits per heavy atom. The third kappa shape index (κ3) is 3.11. The van der Waals surface area contributed by atoms with Gasteiger partial charge >= 0.3 is 5.97 Å². The van der Waals surface area contributed by atoms with E-state index >= 15 is 0 Å². The SMILES string of the molecule is CC.COc1cccc2c(CC(N)C(=O)O)cn(C)c12. The van der Waals surface area contributed by atoms with Crippen LogP contribution >= 0.6 is 0 Å². The summed E-state index contributed by atoms with van der Waals surface area (Å²) < 4.78 is 7.23. The third-order valence-corrected chi connectivity index (χ3v) is 3.02. The highest BCUT2D eigenvalue weighted by Gasteiger charge is 2.17. The van der Waals surface area contributed by atoms with Gasteiger partial charge in [-0.3, -0.25) is 4.79 Å². The standard InChI is InChI=1S/C13H16N2O3.C2H6/c1-15-7-8(6-10(14)13(16)17)9-4-3-5-11(18-2)12(9)15;1-2/h3-5,7,10H,6,14H2,1-2H3,(H,16,17);1-2H3. The van der Waals surface area contributed by atoms with Crippen LogP contribution in [0, 0.1) is 0 Å². The number of hydrogen-bond donors (Lipinski definition) is 2. The number of carboxylic acid groups (broad SMARTS) is 1. The molecule has 1 aromatic heterocycles. The van der Waals surface area contributed by atoms with Crippen LogP contribution in [0.1, 0.15) is 19.4 Å². The van der Waals surface area contributed by atoms with Gasteiger partial charge in [0, 0.05) is 25.1 Å². The average Bonchev–Trinajstić information content (AvgIpc) is 2.77. The lowest BCUT2D eigenvalue weighted by Gasteiger charge is -2.06. The Morgan fingerprint density at radius 2 is 2.10 bits per heavy atom. The molecule has 1 unspecified atom stereocenters. The fourth-order valence-corrected chi connectivity index (χ4v) is 2.16. The summed E-state index contributed by atoms with van der Waals surface area (Å²) in [6.45, 7) is 4.00. The van der Waals surface area contributed by atoms with E-state index in [2.05, 4.69) is 0 Å². The van der Waals surface area contributed by atoms with Crippen LogP contribution < -0.4 is 10.5 Å². The van der Waals surface area contributed by atoms with Gasteiger partial charge < -0.3 is 20.1 Å². The first-order valence-electron chi connectivity index (χ1n) is 6.64. The molecule has 0 aliphatic rings. The number of benzene rings is 1. The number of hydrogen-bond acceptors (Lipinski definition) is 3. The first-order valence-corrected chi connectivity index (χ1v) is 6.64. The molecular weight excluding hydrogens is 256 g/mol. The van der Waals surface area contributed by atoms with E-state index in [-0.39, 0.29) is 0 Å². The molecule has 0 aliphatic carbocycles. The molecule has 0 saturated carbocycles. The van der Waals surface area contributed by atoms with Gasteiger partial charge in [0.2, 0.25) is 0 Å². The minimum Gasteiger partial charge on any atom is -0.495 e. The summed E-state index contributed by atoms with van der Waals surface area (Å²) >= 11 is 0. The van der Waals surface area contributed by atoms with Crippen molar-refractivity contribution >= 4 is 16.9 Å². The van der Waals surface area contributed by atoms with Crippen molar-refractivity contribution in [2.24, 2.45) is 12.8 Å². The Morgan fingerprint density at radius 3 is 2.65 bits per heavy atom. The number of ether oxygens (including phenoxy) is 1. The van der Waals surface area contributed by atoms with Gasteiger partial charge in [-0.05, 0) is 11.6 Å². The van der Waals surface area contributed by atoms with Gasteiger partial charge in [-0.25, -0.2) is 0 Å². The van der Waals surface area contributed by atoms with Crippen LogP contribution in [0.4, 0.5) is 0 Å². The molecule has 1 atom stereocenters. The number of carboxylic acids is 1. The van der Waals surface area contributed by atoms with Gasteiger partial charge in [0.25, 0.3) is 0 Å². The van der Waals surface area contributed by atoms with Crippen LogP contribution in [0.25, 0.3) is 10.9 Å². The van der Waals surface area contributed by atoms with Gasteiger partial charge in [0.1, 0.15) is 11.8 Å². The summed E-state index contributed by atoms with van der Waals surface area (Å²) in [5, 5.41) is 9.85. The number of aromatic nitrogens is 1. The topological polar surface area (TPSA) is 77.5 Å². The van der Waals surface area contributed by atoms with Crippen molar-refractivity contribution in [3.8, 4) is 5.75 Å². The maximum absolute atomic E-state index is 10.8. The summed E-state index contributed by atoms with van der Waals surface area (Å²) in [7, 11) is 3.52. The average molecular weight is 278 g/mol. The Balaban J connectivity index is 0.000000956. The second-order valence-corrected chi connectivity index (χ2v) is 4.27. The second kappa shape index (κ2) is 6.96. The van der Waals surface area contributed by atoms with E-state index in [1.807, 2.05) is 49.9 Å². The molecule has 0 saturated heterocycles. The molecular formula is C15H22N2O3. The Bertz CT molecular complexity index is 590. The zero-order valence-electron chi connectivity index (χ0n) is 12.4. The molecule has 0 aliphatic heterocycles. The third-order valence-electron chi connectivity index (χ3n) is 3.02. The monoisotopic (exact) mass is 278 g/mol. The van der Waals surface area contributed by atoms with Crippen LogP contribution in [-0.4, -0.2) is 28.8 Å². The van der Waals surface area contributed by atoms with Crippen molar-refractivity contribution in [3.05, 3.63) is 30.0 Å². The van der Waals surface area contributed by atoms with Gasteiger partial charge in [0.15, 0.2) is 0 Å². The summed E-state index contributed by atoms with van der Waals surface area (Å²) in [6, 6.07) is 4.82. The molecule has 0 spiro atoms. The number of aliphatic carboxylic acids is 1. The number of para-hydroxylation sites is 1. The molecule has 0 bridgehead atoms. The van der Waals surface area contributed by atoms with Gasteiger partial charge in [-0.15, -0.1) is 0 Å². The van der Waals surface area contributed by atoms with Crippen LogP contribution in [0.5, 0.6) is 5.75 Å². The largest absolute Gasteiger partial charge is 0.495 e. The number of nitrogens with zero attached hydrogens (tertiary/aromatic N) is 1. The molecule has 110 valence electrons. The summed E-state index contributed by atoms with van der Waals surface area (Å²) in [4.78, 5) is 10.8. The first kappa shape index (κ1) is 16.0. The molecule has 1 aromatic carbocycles. The maximum Gasteiger partial charge on any atom is 0.320 e. The summed E-state index contributed by atoms with van der Waals surface area (Å²) in [5.41, 5.74) is 7.45. The Hall–Kier alpha value is -2.01. The van der Waals surface area contributed by atoms with E-state index in [0.717, 1.165) is 22.2 Å². The van der Waals surface area contributed by atoms with Crippen LogP contribution in [0.15, 0.2) is 24.4 Å². The van der Waals surface area contributed by atoms with Crippen molar-refractivity contribution < 1.29 is 14.6 Å². The Kier molecular flexibility index (Phi) is 5.58. The predicted octanol–water partition coefficient (Wildman–Crippen LogP) is 2.17. The normalized spacial score (nSPS) is 11.7. The lowest BCUT2D eigenvalue weighted by Crippen LogP contribution is -2.32. The number of methoxy groups -OCH3 is 1. The highest BCUT2D eigenvalue weighted by Crippen LogP contribution is 2.29. The fraction of sp³-hybridized carbons (Fsp3) is 0.400. The minimum atomic E-state index is -0.991. The van der Waals surface area contributed by atoms with Gasteiger partial charge in [-0.1, -0.05) is 26.0 Å². The van der Waals surface area contributed by atoms with E-state index in [0.29, 0.717) is 6.42 Å². The van der Waals surface area contributed by atoms with Gasteiger partial charge in [-0.2, -0.15) is 0 Å². The Labute approximate surface area is 119 Å². The lowest BCUT2D eigenvalue weighted by atomic mass is 10.1. The molecule has 2 aromatic rings. The maximum atomic E-state index is 10.8. The zero-order chi connectivity index (χ0) is 15.3. The predicted molar refractivity (Wildman–Crippen MR) is 80.1 cm³/mol. The first-order chi connectivity index (χ1) is 9.54. The summed E-state index contributed by atoms with van der Waals surface area (Å²) in [5.74, 6) is -0.222. The van der Waals surface area contributed by atoms with Crippen LogP contribution in [0.3, 0.4) is 0 Å². The van der Waals surface area contributed by atoms with E-state index in [9.17, 15) is 4.79 Å². The van der Waals surface area contributed by atoms with Crippen molar-refractivity contribution in [2.75, 3.05) is 7.11 Å². The molecule has 0 fully saturated rings. The number of rotatable bonds is 4. The van der Waals surface area contributed by atoms with E-state index < -0.39 is 12.0 Å². The highest BCUT2D eigenvalue weighted by molar-refractivity contribution is 5.89. The summed E-state index contributed by atoms with van der Waals surface area (Å²) in [6.07, 6.45) is 2.20.